The summed E-state index contributed by atoms with van der Waals surface area (Å²) in [6, 6.07) is 12.4. The first kappa shape index (κ1) is 20.5. The van der Waals surface area contributed by atoms with Crippen LogP contribution in [0.2, 0.25) is 0 Å². The van der Waals surface area contributed by atoms with E-state index < -0.39 is 11.9 Å². The van der Waals surface area contributed by atoms with Gasteiger partial charge in [-0.05, 0) is 61.6 Å². The van der Waals surface area contributed by atoms with E-state index in [4.69, 9.17) is 10.5 Å². The van der Waals surface area contributed by atoms with Gasteiger partial charge in [0.1, 0.15) is 17.7 Å². The van der Waals surface area contributed by atoms with Crippen molar-refractivity contribution in [3.63, 3.8) is 0 Å². The average Bonchev–Trinajstić information content (AvgIpc) is 3.01. The molecule has 166 valence electrons. The van der Waals surface area contributed by atoms with Crippen molar-refractivity contribution in [1.82, 2.24) is 15.2 Å². The van der Waals surface area contributed by atoms with Crippen LogP contribution >= 0.6 is 0 Å². The van der Waals surface area contributed by atoms with E-state index in [1.165, 1.54) is 4.90 Å². The number of amides is 4. The third-order valence-corrected chi connectivity index (χ3v) is 6.96. The molecule has 1 saturated heterocycles. The van der Waals surface area contributed by atoms with Gasteiger partial charge in [0.25, 0.3) is 11.8 Å². The number of hydrogen-bond acceptors (Lipinski definition) is 5. The Bertz CT molecular complexity index is 1040. The lowest BCUT2D eigenvalue weighted by atomic mass is 9.52. The van der Waals surface area contributed by atoms with E-state index in [1.54, 1.807) is 18.3 Å². The summed E-state index contributed by atoms with van der Waals surface area (Å²) >= 11 is 0. The first-order valence-corrected chi connectivity index (χ1v) is 11.0. The van der Waals surface area contributed by atoms with Crippen LogP contribution in [-0.4, -0.2) is 45.9 Å². The summed E-state index contributed by atoms with van der Waals surface area (Å²) in [4.78, 5) is 42.4. The van der Waals surface area contributed by atoms with Crippen LogP contribution in [0.5, 0.6) is 5.88 Å². The van der Waals surface area contributed by atoms with Gasteiger partial charge in [0.2, 0.25) is 5.88 Å². The molecule has 1 aliphatic heterocycles. The topological polar surface area (TPSA) is 115 Å². The first-order valence-electron chi connectivity index (χ1n) is 11.0. The zero-order chi connectivity index (χ0) is 22.3. The van der Waals surface area contributed by atoms with Crippen LogP contribution in [0.1, 0.15) is 48.0 Å². The van der Waals surface area contributed by atoms with E-state index >= 15 is 0 Å². The second-order valence-corrected chi connectivity index (χ2v) is 9.17. The Morgan fingerprint density at radius 2 is 1.88 bits per heavy atom. The molecule has 1 atom stereocenters. The summed E-state index contributed by atoms with van der Waals surface area (Å²) in [5.41, 5.74) is 6.92. The maximum Gasteiger partial charge on any atom is 0.325 e. The standard InChI is InChI=1S/C24H26N4O4/c25-20(29)18-7-4-10-26-21(18)32-17-13-24(14-17)11-16(12-24)28-22(30)19(27-23(28)31)9-8-15-5-2-1-3-6-15/h1-7,10,16-17,19H,8-9,11-14H2,(H2,25,29)(H,27,31). The molecule has 1 aromatic heterocycles. The summed E-state index contributed by atoms with van der Waals surface area (Å²) in [6.45, 7) is 0. The van der Waals surface area contributed by atoms with Crippen molar-refractivity contribution in [1.29, 1.82) is 0 Å². The molecule has 8 nitrogen and oxygen atoms in total. The second-order valence-electron chi connectivity index (χ2n) is 9.17. The maximum absolute atomic E-state index is 12.9. The quantitative estimate of drug-likeness (QED) is 0.650. The minimum atomic E-state index is -0.564. The summed E-state index contributed by atoms with van der Waals surface area (Å²) in [6.07, 6.45) is 6.11. The molecule has 2 aromatic rings. The number of rotatable bonds is 7. The molecule has 1 aromatic carbocycles. The van der Waals surface area contributed by atoms with E-state index in [1.807, 2.05) is 30.3 Å². The molecule has 1 spiro atoms. The number of pyridine rings is 1. The van der Waals surface area contributed by atoms with Gasteiger partial charge < -0.3 is 15.8 Å². The maximum atomic E-state index is 12.9. The molecule has 2 heterocycles. The van der Waals surface area contributed by atoms with Crippen LogP contribution in [0.25, 0.3) is 0 Å². The van der Waals surface area contributed by atoms with Crippen LogP contribution < -0.4 is 15.8 Å². The van der Waals surface area contributed by atoms with Crippen molar-refractivity contribution in [3.8, 4) is 5.88 Å². The van der Waals surface area contributed by atoms with Crippen LogP contribution in [0.3, 0.4) is 0 Å². The molecular formula is C24H26N4O4. The third kappa shape index (κ3) is 3.70. The van der Waals surface area contributed by atoms with Crippen LogP contribution in [-0.2, 0) is 11.2 Å². The predicted octanol–water partition coefficient (Wildman–Crippen LogP) is 2.42. The molecule has 5 rings (SSSR count). The molecule has 2 saturated carbocycles. The van der Waals surface area contributed by atoms with Crippen LogP contribution in [0, 0.1) is 5.41 Å². The Morgan fingerprint density at radius 1 is 1.12 bits per heavy atom. The molecular weight excluding hydrogens is 408 g/mol. The van der Waals surface area contributed by atoms with Crippen molar-refractivity contribution >= 4 is 17.8 Å². The highest BCUT2D eigenvalue weighted by Crippen LogP contribution is 2.58. The number of imide groups is 1. The largest absolute Gasteiger partial charge is 0.474 e. The molecule has 32 heavy (non-hydrogen) atoms. The van der Waals surface area contributed by atoms with Crippen LogP contribution in [0.4, 0.5) is 4.79 Å². The molecule has 1 unspecified atom stereocenters. The number of carbonyl (C=O) groups is 3. The first-order chi connectivity index (χ1) is 15.4. The number of nitrogens with one attached hydrogen (secondary N) is 1. The van der Waals surface area contributed by atoms with Gasteiger partial charge in [0.05, 0.1) is 0 Å². The number of nitrogens with zero attached hydrogens (tertiary/aromatic N) is 2. The zero-order valence-electron chi connectivity index (χ0n) is 17.7. The third-order valence-electron chi connectivity index (χ3n) is 6.96. The van der Waals surface area contributed by atoms with E-state index in [9.17, 15) is 14.4 Å². The molecule has 2 aliphatic carbocycles. The van der Waals surface area contributed by atoms with Crippen LogP contribution in [0.15, 0.2) is 48.7 Å². The Morgan fingerprint density at radius 3 is 2.59 bits per heavy atom. The van der Waals surface area contributed by atoms with E-state index in [0.29, 0.717) is 6.42 Å². The fourth-order valence-corrected chi connectivity index (χ4v) is 5.32. The number of nitrogens with two attached hydrogens (primary N) is 1. The average molecular weight is 434 g/mol. The number of aryl methyl sites for hydroxylation is 1. The number of primary amides is 1. The van der Waals surface area contributed by atoms with E-state index in [0.717, 1.165) is 37.7 Å². The molecule has 3 N–H and O–H groups in total. The SMILES string of the molecule is NC(=O)c1cccnc1OC1CC2(C1)CC(N1C(=O)NC(CCc3ccccc3)C1=O)C2. The zero-order valence-corrected chi connectivity index (χ0v) is 17.7. The summed E-state index contributed by atoms with van der Waals surface area (Å²) < 4.78 is 5.90. The van der Waals surface area contributed by atoms with Crippen molar-refractivity contribution < 1.29 is 19.1 Å². The smallest absolute Gasteiger partial charge is 0.325 e. The number of urea groups is 1. The normalized spacial score (nSPS) is 28.8. The van der Waals surface area contributed by atoms with Gasteiger partial charge in [0.15, 0.2) is 0 Å². The van der Waals surface area contributed by atoms with Gasteiger partial charge in [0, 0.05) is 12.2 Å². The van der Waals surface area contributed by atoms with Crippen molar-refractivity contribution in [2.24, 2.45) is 11.1 Å². The molecule has 0 radical (unpaired) electrons. The Labute approximate surface area is 186 Å². The lowest BCUT2D eigenvalue weighted by Crippen LogP contribution is -2.60. The Hall–Kier alpha value is -3.42. The Balaban J connectivity index is 1.12. The highest BCUT2D eigenvalue weighted by Gasteiger charge is 2.58. The lowest BCUT2D eigenvalue weighted by molar-refractivity contribution is -0.140. The minimum Gasteiger partial charge on any atom is -0.474 e. The second kappa shape index (κ2) is 7.93. The predicted molar refractivity (Wildman–Crippen MR) is 116 cm³/mol. The summed E-state index contributed by atoms with van der Waals surface area (Å²) in [5.74, 6) is -0.408. The van der Waals surface area contributed by atoms with Crippen molar-refractivity contribution in [2.75, 3.05) is 0 Å². The molecule has 3 aliphatic rings. The van der Waals surface area contributed by atoms with Gasteiger partial charge in [-0.1, -0.05) is 30.3 Å². The molecule has 4 amide bonds. The number of hydrogen-bond donors (Lipinski definition) is 2. The number of benzene rings is 1. The van der Waals surface area contributed by atoms with Gasteiger partial charge in [-0.25, -0.2) is 9.78 Å². The molecule has 0 bridgehead atoms. The Kier molecular flexibility index (Phi) is 5.07. The van der Waals surface area contributed by atoms with Gasteiger partial charge in [-0.15, -0.1) is 0 Å². The highest BCUT2D eigenvalue weighted by molar-refractivity contribution is 6.04. The fraction of sp³-hybridized carbons (Fsp3) is 0.417. The molecule has 8 heteroatoms. The molecule has 3 fully saturated rings. The lowest BCUT2D eigenvalue weighted by Gasteiger charge is -2.58. The summed E-state index contributed by atoms with van der Waals surface area (Å²) in [5, 5.41) is 2.86. The van der Waals surface area contributed by atoms with Gasteiger partial charge in [-0.3, -0.25) is 14.5 Å². The van der Waals surface area contributed by atoms with Crippen molar-refractivity contribution in [2.45, 2.75) is 56.7 Å². The summed E-state index contributed by atoms with van der Waals surface area (Å²) in [7, 11) is 0. The van der Waals surface area contributed by atoms with Gasteiger partial charge >= 0.3 is 6.03 Å². The van der Waals surface area contributed by atoms with Crippen molar-refractivity contribution in [3.05, 3.63) is 59.8 Å². The minimum absolute atomic E-state index is 0.0364. The number of ether oxygens (including phenoxy) is 1. The van der Waals surface area contributed by atoms with Gasteiger partial charge in [-0.2, -0.15) is 0 Å². The number of carbonyl (C=O) groups excluding carboxylic acids is 3. The highest BCUT2D eigenvalue weighted by atomic mass is 16.5. The van der Waals surface area contributed by atoms with E-state index in [-0.39, 0.29) is 40.9 Å². The van der Waals surface area contributed by atoms with E-state index in [2.05, 4.69) is 10.3 Å². The monoisotopic (exact) mass is 434 g/mol. The number of aromatic nitrogens is 1. The fourth-order valence-electron chi connectivity index (χ4n) is 5.32.